The third-order valence-electron chi connectivity index (χ3n) is 3.25. The van der Waals surface area contributed by atoms with Crippen molar-refractivity contribution in [3.8, 4) is 0 Å². The van der Waals surface area contributed by atoms with Crippen LogP contribution in [-0.4, -0.2) is 5.54 Å². The molecular weight excluding hydrogens is 230 g/mol. The number of aryl methyl sites for hydroxylation is 1. The van der Waals surface area contributed by atoms with Crippen molar-refractivity contribution in [1.82, 2.24) is 0 Å². The van der Waals surface area contributed by atoms with E-state index in [0.29, 0.717) is 0 Å². The summed E-state index contributed by atoms with van der Waals surface area (Å²) < 4.78 is 0. The Kier molecular flexibility index (Phi) is 8.28. The first-order chi connectivity index (χ1) is 7.70. The second kappa shape index (κ2) is 8.54. The predicted molar refractivity (Wildman–Crippen MR) is 78.7 cm³/mol. The Labute approximate surface area is 112 Å². The van der Waals surface area contributed by atoms with Crippen LogP contribution in [0.15, 0.2) is 30.3 Å². The lowest BCUT2D eigenvalue weighted by molar-refractivity contribution is 0.333. The first-order valence-corrected chi connectivity index (χ1v) is 6.53. The van der Waals surface area contributed by atoms with Crippen LogP contribution in [0.4, 0.5) is 0 Å². The molecule has 98 valence electrons. The van der Waals surface area contributed by atoms with Gasteiger partial charge in [-0.2, -0.15) is 0 Å². The molecule has 2 N–H and O–H groups in total. The van der Waals surface area contributed by atoms with Crippen LogP contribution in [0.5, 0.6) is 0 Å². The van der Waals surface area contributed by atoms with Gasteiger partial charge >= 0.3 is 0 Å². The van der Waals surface area contributed by atoms with Crippen LogP contribution in [-0.2, 0) is 6.42 Å². The number of benzene rings is 1. The number of hydrogen-bond donors (Lipinski definition) is 1. The smallest absolute Gasteiger partial charge is 0.0157 e. The molecule has 17 heavy (non-hydrogen) atoms. The molecule has 1 rings (SSSR count). The van der Waals surface area contributed by atoms with E-state index in [0.717, 1.165) is 25.7 Å². The average Bonchev–Trinajstić information content (AvgIpc) is 2.29. The van der Waals surface area contributed by atoms with Gasteiger partial charge in [0.15, 0.2) is 0 Å². The summed E-state index contributed by atoms with van der Waals surface area (Å²) >= 11 is 0. The fraction of sp³-hybridized carbons (Fsp3) is 0.600. The molecule has 0 spiro atoms. The molecule has 0 bridgehead atoms. The largest absolute Gasteiger partial charge is 0.325 e. The summed E-state index contributed by atoms with van der Waals surface area (Å²) in [5.74, 6) is 0. The first kappa shape index (κ1) is 16.5. The van der Waals surface area contributed by atoms with E-state index in [2.05, 4.69) is 44.2 Å². The molecule has 2 heteroatoms. The van der Waals surface area contributed by atoms with Gasteiger partial charge in [-0.3, -0.25) is 0 Å². The molecule has 0 aliphatic heterocycles. The Morgan fingerprint density at radius 3 is 1.94 bits per heavy atom. The van der Waals surface area contributed by atoms with Gasteiger partial charge in [0.05, 0.1) is 0 Å². The summed E-state index contributed by atoms with van der Waals surface area (Å²) in [5.41, 5.74) is 7.93. The molecule has 1 aromatic carbocycles. The van der Waals surface area contributed by atoms with E-state index >= 15 is 0 Å². The van der Waals surface area contributed by atoms with Crippen molar-refractivity contribution >= 4 is 12.4 Å². The molecule has 0 saturated carbocycles. The van der Waals surface area contributed by atoms with E-state index < -0.39 is 0 Å². The zero-order valence-corrected chi connectivity index (χ0v) is 11.9. The normalized spacial score (nSPS) is 11.0. The van der Waals surface area contributed by atoms with E-state index in [1.54, 1.807) is 0 Å². The average molecular weight is 256 g/mol. The van der Waals surface area contributed by atoms with Gasteiger partial charge in [0.25, 0.3) is 0 Å². The maximum atomic E-state index is 6.47. The molecule has 0 amide bonds. The van der Waals surface area contributed by atoms with Crippen molar-refractivity contribution in [3.63, 3.8) is 0 Å². The minimum absolute atomic E-state index is 0. The van der Waals surface area contributed by atoms with Crippen LogP contribution in [0.2, 0.25) is 0 Å². The van der Waals surface area contributed by atoms with Gasteiger partial charge < -0.3 is 5.73 Å². The lowest BCUT2D eigenvalue weighted by atomic mass is 9.84. The highest BCUT2D eigenvalue weighted by Crippen LogP contribution is 2.22. The molecule has 0 saturated heterocycles. The monoisotopic (exact) mass is 255 g/mol. The third-order valence-corrected chi connectivity index (χ3v) is 3.25. The van der Waals surface area contributed by atoms with E-state index in [1.807, 2.05) is 0 Å². The molecule has 0 heterocycles. The van der Waals surface area contributed by atoms with E-state index in [4.69, 9.17) is 5.73 Å². The molecule has 0 aromatic heterocycles. The Balaban J connectivity index is 0.00000256. The third kappa shape index (κ3) is 6.09. The molecule has 0 atom stereocenters. The van der Waals surface area contributed by atoms with Gasteiger partial charge in [0.2, 0.25) is 0 Å². The summed E-state index contributed by atoms with van der Waals surface area (Å²) in [6.07, 6.45) is 6.88. The van der Waals surface area contributed by atoms with Crippen molar-refractivity contribution in [2.24, 2.45) is 5.73 Å². The quantitative estimate of drug-likeness (QED) is 0.771. The van der Waals surface area contributed by atoms with Gasteiger partial charge in [-0.05, 0) is 31.2 Å². The highest BCUT2D eigenvalue weighted by molar-refractivity contribution is 5.85. The molecule has 0 fully saturated rings. The number of hydrogen-bond acceptors (Lipinski definition) is 1. The summed E-state index contributed by atoms with van der Waals surface area (Å²) in [6, 6.07) is 10.7. The van der Waals surface area contributed by atoms with Crippen molar-refractivity contribution in [2.75, 3.05) is 0 Å². The topological polar surface area (TPSA) is 26.0 Å². The van der Waals surface area contributed by atoms with Crippen molar-refractivity contribution in [2.45, 2.75) is 57.9 Å². The minimum atomic E-state index is 0. The SMILES string of the molecule is CCCC(N)(CCC)CCc1ccccc1.Cl. The standard InChI is InChI=1S/C15H25N.ClH/c1-3-11-15(16,12-4-2)13-10-14-8-6-5-7-9-14;/h5-9H,3-4,10-13,16H2,1-2H3;1H. The second-order valence-electron chi connectivity index (χ2n) is 4.85. The number of rotatable bonds is 7. The highest BCUT2D eigenvalue weighted by atomic mass is 35.5. The molecule has 0 aliphatic carbocycles. The fourth-order valence-electron chi connectivity index (χ4n) is 2.41. The number of halogens is 1. The van der Waals surface area contributed by atoms with Crippen molar-refractivity contribution in [1.29, 1.82) is 0 Å². The Bertz CT molecular complexity index is 278. The molecule has 0 radical (unpaired) electrons. The van der Waals surface area contributed by atoms with Crippen LogP contribution in [0, 0.1) is 0 Å². The fourth-order valence-corrected chi connectivity index (χ4v) is 2.41. The Morgan fingerprint density at radius 2 is 1.47 bits per heavy atom. The van der Waals surface area contributed by atoms with E-state index in [9.17, 15) is 0 Å². The molecular formula is C15H26ClN. The lowest BCUT2D eigenvalue weighted by Crippen LogP contribution is -2.40. The van der Waals surface area contributed by atoms with Crippen molar-refractivity contribution in [3.05, 3.63) is 35.9 Å². The molecule has 1 aromatic rings. The lowest BCUT2D eigenvalue weighted by Gasteiger charge is -2.29. The summed E-state index contributed by atoms with van der Waals surface area (Å²) in [5, 5.41) is 0. The minimum Gasteiger partial charge on any atom is -0.325 e. The highest BCUT2D eigenvalue weighted by Gasteiger charge is 2.22. The summed E-state index contributed by atoms with van der Waals surface area (Å²) in [4.78, 5) is 0. The Morgan fingerprint density at radius 1 is 0.941 bits per heavy atom. The second-order valence-corrected chi connectivity index (χ2v) is 4.85. The predicted octanol–water partition coefficient (Wildman–Crippen LogP) is 4.34. The van der Waals surface area contributed by atoms with Crippen LogP contribution in [0.1, 0.15) is 51.5 Å². The first-order valence-electron chi connectivity index (χ1n) is 6.53. The summed E-state index contributed by atoms with van der Waals surface area (Å²) in [7, 11) is 0. The zero-order valence-electron chi connectivity index (χ0n) is 11.1. The van der Waals surface area contributed by atoms with Crippen LogP contribution >= 0.6 is 12.4 Å². The molecule has 0 aliphatic rings. The van der Waals surface area contributed by atoms with Gasteiger partial charge in [-0.1, -0.05) is 57.0 Å². The maximum Gasteiger partial charge on any atom is 0.0157 e. The zero-order chi connectivity index (χ0) is 11.9. The van der Waals surface area contributed by atoms with Crippen LogP contribution in [0.3, 0.4) is 0 Å². The van der Waals surface area contributed by atoms with Crippen LogP contribution < -0.4 is 5.73 Å². The molecule has 1 nitrogen and oxygen atoms in total. The number of nitrogens with two attached hydrogens (primary N) is 1. The van der Waals surface area contributed by atoms with Gasteiger partial charge in [-0.25, -0.2) is 0 Å². The molecule has 0 unspecified atom stereocenters. The van der Waals surface area contributed by atoms with Gasteiger partial charge in [0.1, 0.15) is 0 Å². The van der Waals surface area contributed by atoms with Gasteiger partial charge in [0, 0.05) is 5.54 Å². The van der Waals surface area contributed by atoms with Crippen LogP contribution in [0.25, 0.3) is 0 Å². The van der Waals surface area contributed by atoms with E-state index in [1.165, 1.54) is 18.4 Å². The maximum absolute atomic E-state index is 6.47. The van der Waals surface area contributed by atoms with Crippen molar-refractivity contribution < 1.29 is 0 Å². The van der Waals surface area contributed by atoms with E-state index in [-0.39, 0.29) is 17.9 Å². The summed E-state index contributed by atoms with van der Waals surface area (Å²) in [6.45, 7) is 4.44. The van der Waals surface area contributed by atoms with Gasteiger partial charge in [-0.15, -0.1) is 12.4 Å². The Hall–Kier alpha value is -0.530.